The maximum atomic E-state index is 6.50. The number of benzene rings is 8. The third-order valence-electron chi connectivity index (χ3n) is 11.1. The van der Waals surface area contributed by atoms with Gasteiger partial charge in [0.15, 0.2) is 5.82 Å². The molecular formula is C55H35N3O. The Labute approximate surface area is 341 Å². The van der Waals surface area contributed by atoms with Gasteiger partial charge in [-0.05, 0) is 57.6 Å². The minimum atomic E-state index is 0.690. The molecule has 0 aliphatic carbocycles. The van der Waals surface area contributed by atoms with Crippen LogP contribution in [0.3, 0.4) is 0 Å². The van der Waals surface area contributed by atoms with Crippen molar-refractivity contribution in [3.8, 4) is 78.5 Å². The minimum Gasteiger partial charge on any atom is -0.455 e. The highest BCUT2D eigenvalue weighted by Gasteiger charge is 2.18. The quantitative estimate of drug-likeness (QED) is 0.163. The first-order chi connectivity index (χ1) is 29.2. The van der Waals surface area contributed by atoms with Crippen LogP contribution in [0.4, 0.5) is 0 Å². The lowest BCUT2D eigenvalue weighted by Gasteiger charge is -2.11. The van der Waals surface area contributed by atoms with E-state index in [0.717, 1.165) is 94.4 Å². The van der Waals surface area contributed by atoms with E-state index < -0.39 is 0 Å². The Morgan fingerprint density at radius 2 is 0.746 bits per heavy atom. The summed E-state index contributed by atoms with van der Waals surface area (Å²) in [5.41, 5.74) is 16.3. The van der Waals surface area contributed by atoms with E-state index >= 15 is 0 Å². The number of hydrogen-bond acceptors (Lipinski definition) is 4. The maximum absolute atomic E-state index is 6.50. The lowest BCUT2D eigenvalue weighted by atomic mass is 9.97. The van der Waals surface area contributed by atoms with Gasteiger partial charge in [0.25, 0.3) is 0 Å². The molecule has 4 nitrogen and oxygen atoms in total. The van der Waals surface area contributed by atoms with Gasteiger partial charge in [-0.2, -0.15) is 0 Å². The van der Waals surface area contributed by atoms with Crippen molar-refractivity contribution in [1.29, 1.82) is 0 Å². The molecule has 0 aliphatic rings. The van der Waals surface area contributed by atoms with Crippen LogP contribution < -0.4 is 0 Å². The number of nitrogens with zero attached hydrogens (tertiary/aromatic N) is 3. The summed E-state index contributed by atoms with van der Waals surface area (Å²) in [6.45, 7) is 0. The van der Waals surface area contributed by atoms with Gasteiger partial charge in [-0.1, -0.05) is 188 Å². The number of hydrogen-bond donors (Lipinski definition) is 0. The van der Waals surface area contributed by atoms with Crippen LogP contribution in [-0.2, 0) is 0 Å². The molecule has 276 valence electrons. The van der Waals surface area contributed by atoms with Crippen LogP contribution in [0.25, 0.3) is 111 Å². The first-order valence-electron chi connectivity index (χ1n) is 19.8. The van der Waals surface area contributed by atoms with Gasteiger partial charge in [0.2, 0.25) is 0 Å². The van der Waals surface area contributed by atoms with Gasteiger partial charge in [0.1, 0.15) is 11.2 Å². The molecule has 0 amide bonds. The average Bonchev–Trinajstić information content (AvgIpc) is 3.72. The summed E-state index contributed by atoms with van der Waals surface area (Å²) < 4.78 is 6.50. The van der Waals surface area contributed by atoms with Gasteiger partial charge >= 0.3 is 0 Å². The number of fused-ring (bicyclic) bond motifs is 5. The molecule has 0 aliphatic heterocycles. The van der Waals surface area contributed by atoms with Gasteiger partial charge in [-0.15, -0.1) is 0 Å². The molecule has 0 atom stereocenters. The van der Waals surface area contributed by atoms with E-state index in [4.69, 9.17) is 19.4 Å². The number of aromatic nitrogens is 3. The smallest absolute Gasteiger partial charge is 0.160 e. The Bertz CT molecular complexity index is 3270. The van der Waals surface area contributed by atoms with Crippen molar-refractivity contribution in [2.75, 3.05) is 0 Å². The molecule has 59 heavy (non-hydrogen) atoms. The van der Waals surface area contributed by atoms with Crippen molar-refractivity contribution in [2.45, 2.75) is 0 Å². The van der Waals surface area contributed by atoms with Crippen molar-refractivity contribution in [1.82, 2.24) is 15.0 Å². The number of para-hydroxylation sites is 1. The Morgan fingerprint density at radius 1 is 0.305 bits per heavy atom. The summed E-state index contributed by atoms with van der Waals surface area (Å²) in [6.07, 6.45) is 0. The van der Waals surface area contributed by atoms with E-state index in [1.54, 1.807) is 0 Å². The molecule has 0 bridgehead atoms. The second-order valence-electron chi connectivity index (χ2n) is 14.8. The van der Waals surface area contributed by atoms with E-state index in [0.29, 0.717) is 5.82 Å². The van der Waals surface area contributed by atoms with Gasteiger partial charge in [-0.25, -0.2) is 15.0 Å². The lowest BCUT2D eigenvalue weighted by molar-refractivity contribution is 0.672. The molecule has 0 spiro atoms. The zero-order chi connectivity index (χ0) is 39.1. The standard InChI is InChI=1S/C55H35N3O/c1-4-12-36(13-5-1)37-24-28-42(29-25-37)49-35-48(41-14-6-2-7-15-41)57-55(58-49)44-30-26-39(27-31-44)38-20-22-40(23-21-38)45-32-33-46-50(34-45)56-53(43-16-8-3-9-17-43)52-47-18-10-11-19-51(47)59-54(46)52/h1-35H. The first kappa shape index (κ1) is 34.3. The number of pyridine rings is 1. The Hall–Kier alpha value is -7.95. The van der Waals surface area contributed by atoms with E-state index in [-0.39, 0.29) is 0 Å². The molecule has 0 radical (unpaired) electrons. The van der Waals surface area contributed by atoms with Crippen molar-refractivity contribution in [3.63, 3.8) is 0 Å². The minimum absolute atomic E-state index is 0.690. The summed E-state index contributed by atoms with van der Waals surface area (Å²) in [6, 6.07) is 73.8. The van der Waals surface area contributed by atoms with Gasteiger partial charge in [0.05, 0.1) is 28.0 Å². The van der Waals surface area contributed by atoms with Crippen molar-refractivity contribution in [3.05, 3.63) is 212 Å². The average molecular weight is 754 g/mol. The molecule has 0 saturated heterocycles. The van der Waals surface area contributed by atoms with Crippen LogP contribution in [0, 0.1) is 0 Å². The molecule has 0 saturated carbocycles. The summed E-state index contributed by atoms with van der Waals surface area (Å²) in [5.74, 6) is 0.690. The summed E-state index contributed by atoms with van der Waals surface area (Å²) in [7, 11) is 0. The highest BCUT2D eigenvalue weighted by Crippen LogP contribution is 2.40. The SMILES string of the molecule is c1ccc(-c2ccc(-c3cc(-c4ccccc4)nc(-c4ccc(-c5ccc(-c6ccc7c(c6)nc(-c6ccccc6)c6c8ccccc8oc76)cc5)cc4)n3)cc2)cc1. The fourth-order valence-electron chi connectivity index (χ4n) is 8.06. The van der Waals surface area contributed by atoms with Gasteiger partial charge in [-0.3, -0.25) is 0 Å². The van der Waals surface area contributed by atoms with Gasteiger partial charge < -0.3 is 4.42 Å². The molecule has 0 fully saturated rings. The maximum Gasteiger partial charge on any atom is 0.160 e. The topological polar surface area (TPSA) is 51.8 Å². The predicted octanol–water partition coefficient (Wildman–Crippen LogP) is 14.6. The largest absolute Gasteiger partial charge is 0.455 e. The van der Waals surface area contributed by atoms with E-state index in [1.807, 2.05) is 42.5 Å². The highest BCUT2D eigenvalue weighted by atomic mass is 16.3. The van der Waals surface area contributed by atoms with Crippen molar-refractivity contribution < 1.29 is 4.42 Å². The Kier molecular flexibility index (Phi) is 8.45. The van der Waals surface area contributed by atoms with Crippen LogP contribution in [0.2, 0.25) is 0 Å². The monoisotopic (exact) mass is 753 g/mol. The molecule has 3 aromatic heterocycles. The van der Waals surface area contributed by atoms with Crippen molar-refractivity contribution >= 4 is 32.8 Å². The molecule has 4 heteroatoms. The van der Waals surface area contributed by atoms with Gasteiger partial charge in [0, 0.05) is 33.0 Å². The molecular weight excluding hydrogens is 719 g/mol. The fourth-order valence-corrected chi connectivity index (χ4v) is 8.06. The zero-order valence-electron chi connectivity index (χ0n) is 32.0. The second kappa shape index (κ2) is 14.5. The highest BCUT2D eigenvalue weighted by molar-refractivity contribution is 6.19. The van der Waals surface area contributed by atoms with E-state index in [9.17, 15) is 0 Å². The Balaban J connectivity index is 0.907. The van der Waals surface area contributed by atoms with Crippen molar-refractivity contribution in [2.24, 2.45) is 0 Å². The van der Waals surface area contributed by atoms with Crippen LogP contribution >= 0.6 is 0 Å². The van der Waals surface area contributed by atoms with Crippen LogP contribution in [-0.4, -0.2) is 15.0 Å². The molecule has 8 aromatic carbocycles. The molecule has 0 unspecified atom stereocenters. The molecule has 0 N–H and O–H groups in total. The predicted molar refractivity (Wildman–Crippen MR) is 243 cm³/mol. The molecule has 11 rings (SSSR count). The van der Waals surface area contributed by atoms with E-state index in [1.165, 1.54) is 11.1 Å². The third kappa shape index (κ3) is 6.43. The Morgan fingerprint density at radius 3 is 1.36 bits per heavy atom. The van der Waals surface area contributed by atoms with Crippen LogP contribution in [0.5, 0.6) is 0 Å². The summed E-state index contributed by atoms with van der Waals surface area (Å²) in [4.78, 5) is 15.4. The van der Waals surface area contributed by atoms with Crippen LogP contribution in [0.15, 0.2) is 217 Å². The second-order valence-corrected chi connectivity index (χ2v) is 14.8. The number of rotatable bonds is 7. The summed E-state index contributed by atoms with van der Waals surface area (Å²) >= 11 is 0. The zero-order valence-corrected chi connectivity index (χ0v) is 32.0. The molecule has 3 heterocycles. The lowest BCUT2D eigenvalue weighted by Crippen LogP contribution is -1.96. The summed E-state index contributed by atoms with van der Waals surface area (Å²) in [5, 5.41) is 3.13. The fraction of sp³-hybridized carbons (Fsp3) is 0. The molecule has 11 aromatic rings. The first-order valence-corrected chi connectivity index (χ1v) is 19.8. The normalized spacial score (nSPS) is 11.4. The van der Waals surface area contributed by atoms with Crippen LogP contribution in [0.1, 0.15) is 0 Å². The van der Waals surface area contributed by atoms with E-state index in [2.05, 4.69) is 170 Å². The third-order valence-corrected chi connectivity index (χ3v) is 11.1. The number of furan rings is 1.